The summed E-state index contributed by atoms with van der Waals surface area (Å²) >= 11 is 6.76. The molecule has 4 bridgehead atoms. The summed E-state index contributed by atoms with van der Waals surface area (Å²) in [5.74, 6) is 0.487. The molecule has 5 rings (SSSR count). The molecule has 5 fully saturated rings. The van der Waals surface area contributed by atoms with Gasteiger partial charge in [-0.2, -0.15) is 0 Å². The molecule has 0 radical (unpaired) electrons. The number of carbonyl (C=O) groups is 3. The number of esters is 1. The maximum Gasteiger partial charge on any atom is 0.321 e. The number of imide groups is 1. The van der Waals surface area contributed by atoms with Crippen LogP contribution in [0, 0.1) is 23.2 Å². The molecule has 0 aliphatic heterocycles. The molecule has 7 heteroatoms. The minimum Gasteiger partial charge on any atom is -0.455 e. The third-order valence-electron chi connectivity index (χ3n) is 7.44. The highest BCUT2D eigenvalue weighted by molar-refractivity contribution is 6.24. The minimum atomic E-state index is -0.584. The van der Waals surface area contributed by atoms with E-state index in [0.29, 0.717) is 24.2 Å². The van der Waals surface area contributed by atoms with Gasteiger partial charge >= 0.3 is 12.0 Å². The second kappa shape index (κ2) is 7.51. The molecule has 28 heavy (non-hydrogen) atoms. The number of amides is 3. The summed E-state index contributed by atoms with van der Waals surface area (Å²) in [6, 6.07) is -0.412. The fraction of sp³-hybridized carbons (Fsp3) is 0.857. The fourth-order valence-electron chi connectivity index (χ4n) is 6.57. The van der Waals surface area contributed by atoms with Crippen molar-refractivity contribution < 1.29 is 19.1 Å². The molecule has 2 N–H and O–H groups in total. The Hall–Kier alpha value is -1.30. The Morgan fingerprint density at radius 3 is 2.39 bits per heavy atom. The van der Waals surface area contributed by atoms with Gasteiger partial charge in [-0.05, 0) is 69.1 Å². The van der Waals surface area contributed by atoms with E-state index >= 15 is 0 Å². The van der Waals surface area contributed by atoms with Gasteiger partial charge in [0.2, 0.25) is 0 Å². The lowest BCUT2D eigenvalue weighted by Crippen LogP contribution is -2.56. The summed E-state index contributed by atoms with van der Waals surface area (Å²) in [5.41, 5.74) is -0.536. The number of halogens is 1. The number of alkyl halides is 1. The smallest absolute Gasteiger partial charge is 0.321 e. The summed E-state index contributed by atoms with van der Waals surface area (Å²) in [7, 11) is 0. The quantitative estimate of drug-likeness (QED) is 0.548. The van der Waals surface area contributed by atoms with Crippen molar-refractivity contribution in [2.24, 2.45) is 23.2 Å². The highest BCUT2D eigenvalue weighted by atomic mass is 35.5. The topological polar surface area (TPSA) is 84.5 Å². The van der Waals surface area contributed by atoms with Crippen LogP contribution in [0.4, 0.5) is 4.79 Å². The summed E-state index contributed by atoms with van der Waals surface area (Å²) in [4.78, 5) is 36.7. The van der Waals surface area contributed by atoms with Crippen LogP contribution in [-0.4, -0.2) is 35.4 Å². The van der Waals surface area contributed by atoms with Crippen LogP contribution >= 0.6 is 11.6 Å². The predicted octanol–water partition coefficient (Wildman–Crippen LogP) is 3.51. The molecule has 0 spiro atoms. The van der Waals surface area contributed by atoms with E-state index in [-0.39, 0.29) is 16.9 Å². The Balaban J connectivity index is 1.26. The predicted molar refractivity (Wildman–Crippen MR) is 105 cm³/mol. The zero-order valence-corrected chi connectivity index (χ0v) is 17.4. The van der Waals surface area contributed by atoms with Crippen LogP contribution in [0.2, 0.25) is 0 Å². The van der Waals surface area contributed by atoms with Crippen molar-refractivity contribution in [3.05, 3.63) is 0 Å². The monoisotopic (exact) mass is 410 g/mol. The molecule has 0 aromatic rings. The van der Waals surface area contributed by atoms with Crippen LogP contribution in [0.15, 0.2) is 0 Å². The Bertz CT molecular complexity index is 653. The van der Waals surface area contributed by atoms with Crippen molar-refractivity contribution in [3.8, 4) is 0 Å². The van der Waals surface area contributed by atoms with E-state index < -0.39 is 24.0 Å². The number of hydrogen-bond acceptors (Lipinski definition) is 4. The van der Waals surface area contributed by atoms with Gasteiger partial charge in [0.15, 0.2) is 6.61 Å². The van der Waals surface area contributed by atoms with Crippen LogP contribution in [-0.2, 0) is 14.3 Å². The van der Waals surface area contributed by atoms with Crippen LogP contribution in [0.1, 0.15) is 71.1 Å². The largest absolute Gasteiger partial charge is 0.455 e. The molecular weight excluding hydrogens is 380 g/mol. The van der Waals surface area contributed by atoms with E-state index in [0.717, 1.165) is 51.4 Å². The molecule has 0 aromatic heterocycles. The molecule has 5 aliphatic carbocycles. The second-order valence-corrected chi connectivity index (χ2v) is 10.7. The van der Waals surface area contributed by atoms with E-state index in [1.165, 1.54) is 6.42 Å². The molecular formula is C21H31ClN2O4. The van der Waals surface area contributed by atoms with Crippen molar-refractivity contribution in [2.75, 3.05) is 6.61 Å². The summed E-state index contributed by atoms with van der Waals surface area (Å²) in [6.07, 6.45) is 9.71. The maximum absolute atomic E-state index is 12.8. The van der Waals surface area contributed by atoms with Crippen molar-refractivity contribution in [1.29, 1.82) is 0 Å². The average Bonchev–Trinajstić information content (AvgIpc) is 2.59. The molecule has 0 heterocycles. The summed E-state index contributed by atoms with van der Waals surface area (Å²) in [5, 5.41) is 5.16. The number of ether oxygens (including phenoxy) is 1. The Kier molecular flexibility index (Phi) is 5.36. The first-order valence-corrected chi connectivity index (χ1v) is 11.1. The van der Waals surface area contributed by atoms with Gasteiger partial charge in [0, 0.05) is 10.9 Å². The first kappa shape index (κ1) is 20.0. The van der Waals surface area contributed by atoms with Gasteiger partial charge in [0.05, 0.1) is 5.41 Å². The first-order valence-electron chi connectivity index (χ1n) is 10.7. The maximum atomic E-state index is 12.8. The molecule has 0 aromatic carbocycles. The Morgan fingerprint density at radius 1 is 1.07 bits per heavy atom. The van der Waals surface area contributed by atoms with E-state index in [9.17, 15) is 14.4 Å². The zero-order valence-electron chi connectivity index (χ0n) is 16.6. The van der Waals surface area contributed by atoms with Crippen molar-refractivity contribution in [3.63, 3.8) is 0 Å². The van der Waals surface area contributed by atoms with Crippen LogP contribution in [0.5, 0.6) is 0 Å². The standard InChI is InChI=1S/C21H31ClN2O4/c1-13-4-2-3-5-16(13)23-19(27)24-17(25)11-28-18(26)20-7-14-6-15(8-20)10-21(22,9-14)12-20/h13-16H,2-12H2,1H3,(H2,23,24,25,27)/t13-,14-,15-,16-,20?,21?/m1/s1. The number of rotatable bonds is 4. The van der Waals surface area contributed by atoms with E-state index in [1.807, 2.05) is 0 Å². The van der Waals surface area contributed by atoms with Crippen molar-refractivity contribution in [1.82, 2.24) is 10.6 Å². The third-order valence-corrected chi connectivity index (χ3v) is 7.88. The molecule has 0 saturated heterocycles. The molecule has 3 amide bonds. The normalized spacial score (nSPS) is 41.4. The van der Waals surface area contributed by atoms with Gasteiger partial charge in [-0.15, -0.1) is 11.6 Å². The molecule has 4 atom stereocenters. The van der Waals surface area contributed by atoms with E-state index in [1.54, 1.807) is 0 Å². The number of nitrogens with one attached hydrogen (secondary N) is 2. The lowest BCUT2D eigenvalue weighted by Gasteiger charge is -2.58. The first-order chi connectivity index (χ1) is 13.3. The summed E-state index contributed by atoms with van der Waals surface area (Å²) in [6.45, 7) is 1.70. The number of carbonyl (C=O) groups excluding carboxylic acids is 3. The third kappa shape index (κ3) is 4.03. The molecule has 0 unspecified atom stereocenters. The second-order valence-electron chi connectivity index (χ2n) is 9.86. The molecule has 5 aliphatic rings. The SMILES string of the molecule is C[C@@H]1CCCC[C@H]1NC(=O)NC(=O)COC(=O)C12C[C@H]3C[C@@H](CC(Cl)(C3)C1)C2. The van der Waals surface area contributed by atoms with E-state index in [4.69, 9.17) is 16.3 Å². The van der Waals surface area contributed by atoms with Gasteiger partial charge in [-0.25, -0.2) is 4.79 Å². The highest BCUT2D eigenvalue weighted by Gasteiger charge is 2.60. The summed E-state index contributed by atoms with van der Waals surface area (Å²) < 4.78 is 5.36. The van der Waals surface area contributed by atoms with E-state index in [2.05, 4.69) is 17.6 Å². The Morgan fingerprint density at radius 2 is 1.75 bits per heavy atom. The van der Waals surface area contributed by atoms with Crippen LogP contribution in [0.25, 0.3) is 0 Å². The Labute approximate surface area is 171 Å². The minimum absolute atomic E-state index is 0.0936. The van der Waals surface area contributed by atoms with Crippen LogP contribution < -0.4 is 10.6 Å². The number of urea groups is 1. The average molecular weight is 411 g/mol. The lowest BCUT2D eigenvalue weighted by atomic mass is 9.49. The molecule has 6 nitrogen and oxygen atoms in total. The van der Waals surface area contributed by atoms with Gasteiger partial charge in [0.25, 0.3) is 5.91 Å². The zero-order chi connectivity index (χ0) is 19.9. The molecule has 156 valence electrons. The fourth-order valence-corrected chi connectivity index (χ4v) is 7.26. The highest BCUT2D eigenvalue weighted by Crippen LogP contribution is 2.64. The van der Waals surface area contributed by atoms with Crippen molar-refractivity contribution in [2.45, 2.75) is 82.0 Å². The lowest BCUT2D eigenvalue weighted by molar-refractivity contribution is -0.171. The molecule has 5 saturated carbocycles. The van der Waals surface area contributed by atoms with Gasteiger partial charge < -0.3 is 10.1 Å². The van der Waals surface area contributed by atoms with Gasteiger partial charge in [-0.1, -0.05) is 19.8 Å². The van der Waals surface area contributed by atoms with Gasteiger partial charge in [0.1, 0.15) is 0 Å². The van der Waals surface area contributed by atoms with Crippen LogP contribution in [0.3, 0.4) is 0 Å². The van der Waals surface area contributed by atoms with Crippen molar-refractivity contribution >= 4 is 29.5 Å². The van der Waals surface area contributed by atoms with Gasteiger partial charge in [-0.3, -0.25) is 14.9 Å². The number of hydrogen-bond donors (Lipinski definition) is 2.